The van der Waals surface area contributed by atoms with Crippen LogP contribution >= 0.6 is 0 Å². The van der Waals surface area contributed by atoms with E-state index in [0.29, 0.717) is 13.0 Å². The number of H-pyrrole nitrogens is 1. The number of carbonyl (C=O) groups excluding carboxylic acids is 1. The van der Waals surface area contributed by atoms with Gasteiger partial charge in [-0.2, -0.15) is 0 Å². The average molecular weight is 355 g/mol. The molecule has 0 radical (unpaired) electrons. The molecule has 1 atom stereocenters. The monoisotopic (exact) mass is 355 g/mol. The second-order valence-corrected chi connectivity index (χ2v) is 7.87. The van der Waals surface area contributed by atoms with Gasteiger partial charge in [-0.15, -0.1) is 0 Å². The van der Waals surface area contributed by atoms with Crippen molar-refractivity contribution in [1.82, 2.24) is 14.8 Å². The third-order valence-electron chi connectivity index (χ3n) is 6.16. The van der Waals surface area contributed by atoms with Crippen molar-refractivity contribution in [2.45, 2.75) is 38.8 Å². The summed E-state index contributed by atoms with van der Waals surface area (Å²) in [6.07, 6.45) is 4.38. The van der Waals surface area contributed by atoms with Gasteiger partial charge in [0.05, 0.1) is 0 Å². The van der Waals surface area contributed by atoms with Gasteiger partial charge in [-0.25, -0.2) is 0 Å². The molecular formula is C20H25N3O3. The smallest absolute Gasteiger partial charge is 0.320 e. The summed E-state index contributed by atoms with van der Waals surface area (Å²) in [5.41, 5.74) is 2.26. The molecular weight excluding hydrogens is 330 g/mol. The normalized spacial score (nSPS) is 23.0. The highest BCUT2D eigenvalue weighted by atomic mass is 16.4. The first-order chi connectivity index (χ1) is 12.5. The van der Waals surface area contributed by atoms with Crippen LogP contribution < -0.4 is 0 Å². The van der Waals surface area contributed by atoms with E-state index in [1.807, 2.05) is 17.2 Å². The summed E-state index contributed by atoms with van der Waals surface area (Å²) < 4.78 is 0. The number of benzene rings is 1. The van der Waals surface area contributed by atoms with Crippen LogP contribution in [0.1, 0.15) is 31.7 Å². The number of carboxylic acid groups (broad SMARTS) is 1. The van der Waals surface area contributed by atoms with Gasteiger partial charge in [0.2, 0.25) is 5.91 Å². The van der Waals surface area contributed by atoms with E-state index >= 15 is 0 Å². The number of nitrogens with zero attached hydrogens (tertiary/aromatic N) is 2. The Morgan fingerprint density at radius 2 is 2.04 bits per heavy atom. The van der Waals surface area contributed by atoms with E-state index in [1.54, 1.807) is 6.92 Å². The predicted molar refractivity (Wildman–Crippen MR) is 98.7 cm³/mol. The molecule has 138 valence electrons. The summed E-state index contributed by atoms with van der Waals surface area (Å²) in [5.74, 6) is -0.622. The van der Waals surface area contributed by atoms with Crippen LogP contribution in [0.3, 0.4) is 0 Å². The van der Waals surface area contributed by atoms with Crippen LogP contribution in [-0.4, -0.2) is 57.4 Å². The maximum atomic E-state index is 11.9. The van der Waals surface area contributed by atoms with Crippen molar-refractivity contribution in [3.8, 4) is 0 Å². The van der Waals surface area contributed by atoms with E-state index in [9.17, 15) is 14.7 Å². The van der Waals surface area contributed by atoms with Crippen molar-refractivity contribution < 1.29 is 14.7 Å². The molecule has 3 heterocycles. The zero-order chi connectivity index (χ0) is 18.3. The maximum absolute atomic E-state index is 11.9. The van der Waals surface area contributed by atoms with Gasteiger partial charge < -0.3 is 15.0 Å². The first kappa shape index (κ1) is 17.1. The maximum Gasteiger partial charge on any atom is 0.320 e. The molecule has 1 aromatic heterocycles. The number of aromatic amines is 1. The van der Waals surface area contributed by atoms with Crippen molar-refractivity contribution >= 4 is 22.8 Å². The number of aromatic nitrogens is 1. The van der Waals surface area contributed by atoms with Gasteiger partial charge in [0.25, 0.3) is 0 Å². The van der Waals surface area contributed by atoms with Crippen LogP contribution in [0.15, 0.2) is 30.5 Å². The molecule has 0 bridgehead atoms. The highest BCUT2D eigenvalue weighted by Crippen LogP contribution is 2.44. The van der Waals surface area contributed by atoms with Gasteiger partial charge in [-0.3, -0.25) is 14.5 Å². The van der Waals surface area contributed by atoms with Crippen LogP contribution in [-0.2, 0) is 16.1 Å². The summed E-state index contributed by atoms with van der Waals surface area (Å²) >= 11 is 0. The Labute approximate surface area is 152 Å². The second-order valence-electron chi connectivity index (χ2n) is 7.87. The van der Waals surface area contributed by atoms with Crippen molar-refractivity contribution in [1.29, 1.82) is 0 Å². The van der Waals surface area contributed by atoms with Gasteiger partial charge >= 0.3 is 5.97 Å². The van der Waals surface area contributed by atoms with E-state index < -0.39 is 12.0 Å². The lowest BCUT2D eigenvalue weighted by Crippen LogP contribution is -2.43. The summed E-state index contributed by atoms with van der Waals surface area (Å²) in [6.45, 7) is 4.53. The SMILES string of the molecule is CC(=O)N1CCC2(CC1)C[C@H](C(=O)O)N(Cc1ccc3[nH]ccc3c1)C2. The van der Waals surface area contributed by atoms with E-state index in [4.69, 9.17) is 0 Å². The predicted octanol–water partition coefficient (Wildman–Crippen LogP) is 2.46. The van der Waals surface area contributed by atoms with Gasteiger partial charge in [0.15, 0.2) is 0 Å². The Bertz CT molecular complexity index is 836. The molecule has 2 aliphatic rings. The molecule has 1 aromatic carbocycles. The number of nitrogens with one attached hydrogen (secondary N) is 1. The summed E-state index contributed by atoms with van der Waals surface area (Å²) in [4.78, 5) is 30.6. The second kappa shape index (κ2) is 6.43. The lowest BCUT2D eigenvalue weighted by atomic mass is 9.76. The van der Waals surface area contributed by atoms with E-state index in [2.05, 4.69) is 28.1 Å². The summed E-state index contributed by atoms with van der Waals surface area (Å²) in [7, 11) is 0. The zero-order valence-corrected chi connectivity index (χ0v) is 15.1. The highest BCUT2D eigenvalue weighted by molar-refractivity contribution is 5.80. The number of aliphatic carboxylic acids is 1. The molecule has 26 heavy (non-hydrogen) atoms. The number of hydrogen-bond donors (Lipinski definition) is 2. The van der Waals surface area contributed by atoms with E-state index in [1.165, 1.54) is 0 Å². The number of amides is 1. The number of fused-ring (bicyclic) bond motifs is 1. The minimum atomic E-state index is -0.737. The van der Waals surface area contributed by atoms with Crippen LogP contribution in [0.2, 0.25) is 0 Å². The van der Waals surface area contributed by atoms with Crippen molar-refractivity contribution in [2.75, 3.05) is 19.6 Å². The molecule has 2 fully saturated rings. The number of carboxylic acids is 1. The molecule has 2 aromatic rings. The molecule has 0 unspecified atom stereocenters. The Kier molecular flexibility index (Phi) is 4.23. The Morgan fingerprint density at radius 1 is 1.27 bits per heavy atom. The molecule has 4 rings (SSSR count). The van der Waals surface area contributed by atoms with Crippen molar-refractivity contribution in [2.24, 2.45) is 5.41 Å². The minimum Gasteiger partial charge on any atom is -0.480 e. The third-order valence-corrected chi connectivity index (χ3v) is 6.16. The number of rotatable bonds is 3. The summed E-state index contributed by atoms with van der Waals surface area (Å²) in [6, 6.07) is 7.85. The van der Waals surface area contributed by atoms with Gasteiger partial charge in [0, 0.05) is 44.8 Å². The summed E-state index contributed by atoms with van der Waals surface area (Å²) in [5, 5.41) is 10.9. The van der Waals surface area contributed by atoms with Gasteiger partial charge in [0.1, 0.15) is 6.04 Å². The van der Waals surface area contributed by atoms with Gasteiger partial charge in [-0.1, -0.05) is 6.07 Å². The Hall–Kier alpha value is -2.34. The first-order valence-corrected chi connectivity index (χ1v) is 9.24. The highest BCUT2D eigenvalue weighted by Gasteiger charge is 2.48. The number of hydrogen-bond acceptors (Lipinski definition) is 3. The largest absolute Gasteiger partial charge is 0.480 e. The molecule has 6 nitrogen and oxygen atoms in total. The topological polar surface area (TPSA) is 76.6 Å². The lowest BCUT2D eigenvalue weighted by molar-refractivity contribution is -0.142. The van der Waals surface area contributed by atoms with Crippen LogP contribution in [0, 0.1) is 5.41 Å². The molecule has 6 heteroatoms. The molecule has 2 aliphatic heterocycles. The Balaban J connectivity index is 1.51. The van der Waals surface area contributed by atoms with E-state index in [0.717, 1.165) is 48.9 Å². The third kappa shape index (κ3) is 3.09. The van der Waals surface area contributed by atoms with Crippen molar-refractivity contribution in [3.05, 3.63) is 36.0 Å². The standard InChI is InChI=1S/C20H25N3O3/c1-14(24)22-8-5-20(6-9-22)11-18(19(25)26)23(13-20)12-15-2-3-17-16(10-15)4-7-21-17/h2-4,7,10,18,21H,5-6,8-9,11-13H2,1H3,(H,25,26)/t18-/m1/s1. The van der Waals surface area contributed by atoms with Crippen LogP contribution in [0.25, 0.3) is 10.9 Å². The number of likely N-dealkylation sites (tertiary alicyclic amines) is 2. The average Bonchev–Trinajstić information content (AvgIpc) is 3.20. The van der Waals surface area contributed by atoms with Crippen molar-refractivity contribution in [3.63, 3.8) is 0 Å². The molecule has 0 saturated carbocycles. The van der Waals surface area contributed by atoms with Crippen LogP contribution in [0.4, 0.5) is 0 Å². The minimum absolute atomic E-state index is 0.0210. The number of carbonyl (C=O) groups is 2. The lowest BCUT2D eigenvalue weighted by Gasteiger charge is -2.39. The molecule has 0 aliphatic carbocycles. The Morgan fingerprint density at radius 3 is 2.73 bits per heavy atom. The van der Waals surface area contributed by atoms with E-state index in [-0.39, 0.29) is 11.3 Å². The first-order valence-electron chi connectivity index (χ1n) is 9.24. The molecule has 1 spiro atoms. The fourth-order valence-electron chi connectivity index (χ4n) is 4.65. The zero-order valence-electron chi connectivity index (χ0n) is 15.1. The van der Waals surface area contributed by atoms with Gasteiger partial charge in [-0.05, 0) is 53.8 Å². The fraction of sp³-hybridized carbons (Fsp3) is 0.500. The quantitative estimate of drug-likeness (QED) is 0.887. The molecule has 2 saturated heterocycles. The number of piperidine rings is 1. The molecule has 2 N–H and O–H groups in total. The van der Waals surface area contributed by atoms with Crippen LogP contribution in [0.5, 0.6) is 0 Å². The fourth-order valence-corrected chi connectivity index (χ4v) is 4.65. The molecule has 1 amide bonds.